The Balaban J connectivity index is 3.09. The van der Waals surface area contributed by atoms with E-state index in [0.29, 0.717) is 0 Å². The van der Waals surface area contributed by atoms with Gasteiger partial charge in [0, 0.05) is 20.3 Å². The maximum atomic E-state index is 12.5. The Morgan fingerprint density at radius 2 is 1.94 bits per heavy atom. The summed E-state index contributed by atoms with van der Waals surface area (Å²) in [5.74, 6) is -0.428. The molecule has 7 heteroatoms. The fourth-order valence-electron chi connectivity index (χ4n) is 1.61. The highest BCUT2D eigenvalue weighted by molar-refractivity contribution is 5.80. The van der Waals surface area contributed by atoms with E-state index >= 15 is 0 Å². The summed E-state index contributed by atoms with van der Waals surface area (Å²) >= 11 is 0. The predicted octanol–water partition coefficient (Wildman–Crippen LogP) is 2.19. The number of rotatable bonds is 3. The average Bonchev–Trinajstić information content (AvgIpc) is 2.65. The van der Waals surface area contributed by atoms with Gasteiger partial charge in [-0.05, 0) is 12.0 Å². The van der Waals surface area contributed by atoms with E-state index < -0.39 is 17.9 Å². The highest BCUT2D eigenvalue weighted by Gasteiger charge is 2.35. The van der Waals surface area contributed by atoms with Gasteiger partial charge in [-0.2, -0.15) is 18.3 Å². The molecule has 4 nitrogen and oxygen atoms in total. The quantitative estimate of drug-likeness (QED) is 0.838. The number of halogens is 3. The molecular formula is C11H16F3N3O. The van der Waals surface area contributed by atoms with Gasteiger partial charge in [-0.3, -0.25) is 9.48 Å². The lowest BCUT2D eigenvalue weighted by Crippen LogP contribution is -2.35. The third kappa shape index (κ3) is 3.02. The van der Waals surface area contributed by atoms with Crippen LogP contribution in [0, 0.1) is 5.92 Å². The predicted molar refractivity (Wildman–Crippen MR) is 59.8 cm³/mol. The Kier molecular flexibility index (Phi) is 4.03. The molecule has 0 aliphatic rings. The summed E-state index contributed by atoms with van der Waals surface area (Å²) in [6.07, 6.45) is -3.30. The first-order valence-corrected chi connectivity index (χ1v) is 5.48. The van der Waals surface area contributed by atoms with E-state index in [1.165, 1.54) is 11.1 Å². The Hall–Kier alpha value is -1.53. The number of alkyl halides is 3. The van der Waals surface area contributed by atoms with E-state index in [2.05, 4.69) is 5.10 Å². The van der Waals surface area contributed by atoms with E-state index in [1.807, 2.05) is 0 Å². The molecule has 0 saturated carbocycles. The molecule has 1 amide bonds. The molecule has 1 rings (SSSR count). The summed E-state index contributed by atoms with van der Waals surface area (Å²) in [5, 5.41) is 3.45. The monoisotopic (exact) mass is 263 g/mol. The van der Waals surface area contributed by atoms with Crippen LogP contribution in [-0.4, -0.2) is 34.7 Å². The molecule has 18 heavy (non-hydrogen) atoms. The molecule has 1 aromatic rings. The van der Waals surface area contributed by atoms with Crippen LogP contribution in [0.15, 0.2) is 12.3 Å². The van der Waals surface area contributed by atoms with Crippen LogP contribution >= 0.6 is 0 Å². The maximum absolute atomic E-state index is 12.5. The van der Waals surface area contributed by atoms with Crippen molar-refractivity contribution >= 4 is 5.91 Å². The van der Waals surface area contributed by atoms with Gasteiger partial charge < -0.3 is 4.90 Å². The number of carbonyl (C=O) groups is 1. The van der Waals surface area contributed by atoms with Crippen molar-refractivity contribution in [2.75, 3.05) is 14.1 Å². The normalized spacial score (nSPS) is 13.8. The van der Waals surface area contributed by atoms with Gasteiger partial charge >= 0.3 is 6.18 Å². The fourth-order valence-corrected chi connectivity index (χ4v) is 1.61. The molecule has 0 spiro atoms. The lowest BCUT2D eigenvalue weighted by Gasteiger charge is -2.24. The Morgan fingerprint density at radius 1 is 1.39 bits per heavy atom. The average molecular weight is 263 g/mol. The molecule has 0 saturated heterocycles. The first-order valence-electron chi connectivity index (χ1n) is 5.48. The molecule has 1 heterocycles. The van der Waals surface area contributed by atoms with Crippen LogP contribution in [0.3, 0.4) is 0 Å². The van der Waals surface area contributed by atoms with Crippen molar-refractivity contribution in [1.29, 1.82) is 0 Å². The minimum absolute atomic E-state index is 0.152. The summed E-state index contributed by atoms with van der Waals surface area (Å²) in [7, 11) is 3.12. The van der Waals surface area contributed by atoms with Gasteiger partial charge in [-0.25, -0.2) is 0 Å². The van der Waals surface area contributed by atoms with E-state index in [1.54, 1.807) is 27.9 Å². The second-order valence-corrected chi connectivity index (χ2v) is 4.60. The Labute approximate surface area is 103 Å². The number of aromatic nitrogens is 2. The third-order valence-corrected chi connectivity index (χ3v) is 2.51. The molecule has 0 radical (unpaired) electrons. The Morgan fingerprint density at radius 3 is 2.28 bits per heavy atom. The number of carbonyl (C=O) groups excluding carboxylic acids is 1. The number of nitrogens with zero attached hydrogens (tertiary/aromatic N) is 3. The van der Waals surface area contributed by atoms with Crippen molar-refractivity contribution in [3.63, 3.8) is 0 Å². The van der Waals surface area contributed by atoms with Crippen molar-refractivity contribution in [3.8, 4) is 0 Å². The zero-order chi connectivity index (χ0) is 14.1. The van der Waals surface area contributed by atoms with Crippen LogP contribution in [0.4, 0.5) is 13.2 Å². The number of amides is 1. The second-order valence-electron chi connectivity index (χ2n) is 4.60. The van der Waals surface area contributed by atoms with Crippen LogP contribution < -0.4 is 0 Å². The number of hydrogen-bond donors (Lipinski definition) is 0. The molecule has 0 aliphatic carbocycles. The van der Waals surface area contributed by atoms with Crippen LogP contribution in [0.5, 0.6) is 0 Å². The fraction of sp³-hybridized carbons (Fsp3) is 0.636. The molecule has 0 bridgehead atoms. The first-order chi connectivity index (χ1) is 8.14. The molecule has 1 atom stereocenters. The number of hydrogen-bond acceptors (Lipinski definition) is 2. The van der Waals surface area contributed by atoms with Gasteiger partial charge in [0.15, 0.2) is 5.69 Å². The molecule has 0 N–H and O–H groups in total. The maximum Gasteiger partial charge on any atom is 0.435 e. The summed E-state index contributed by atoms with van der Waals surface area (Å²) in [4.78, 5) is 13.3. The summed E-state index contributed by atoms with van der Waals surface area (Å²) in [6.45, 7) is 3.53. The van der Waals surface area contributed by atoms with Crippen molar-refractivity contribution in [2.24, 2.45) is 5.92 Å². The van der Waals surface area contributed by atoms with Gasteiger partial charge in [-0.15, -0.1) is 0 Å². The van der Waals surface area contributed by atoms with Crippen LogP contribution in [-0.2, 0) is 11.0 Å². The van der Waals surface area contributed by atoms with Crippen LogP contribution in [0.1, 0.15) is 25.6 Å². The van der Waals surface area contributed by atoms with E-state index in [-0.39, 0.29) is 11.8 Å². The molecule has 102 valence electrons. The summed E-state index contributed by atoms with van der Waals surface area (Å²) in [5.41, 5.74) is -0.986. The molecule has 0 unspecified atom stereocenters. The smallest absolute Gasteiger partial charge is 0.347 e. The Bertz CT molecular complexity index is 423. The molecule has 1 aromatic heterocycles. The minimum Gasteiger partial charge on any atom is -0.347 e. The van der Waals surface area contributed by atoms with E-state index in [0.717, 1.165) is 10.7 Å². The molecule has 0 fully saturated rings. The van der Waals surface area contributed by atoms with Crippen molar-refractivity contribution < 1.29 is 18.0 Å². The third-order valence-electron chi connectivity index (χ3n) is 2.51. The standard InChI is InChI=1S/C11H16F3N3O/c1-7(2)9(10(18)16(3)4)17-6-5-8(15-17)11(12,13)14/h5-7,9H,1-4H3/t9-/m1/s1. The van der Waals surface area contributed by atoms with Crippen molar-refractivity contribution in [3.05, 3.63) is 18.0 Å². The minimum atomic E-state index is -4.49. The molecule has 0 aliphatic heterocycles. The second kappa shape index (κ2) is 4.99. The van der Waals surface area contributed by atoms with Gasteiger partial charge in [0.2, 0.25) is 5.91 Å². The van der Waals surface area contributed by atoms with Crippen LogP contribution in [0.2, 0.25) is 0 Å². The topological polar surface area (TPSA) is 38.1 Å². The van der Waals surface area contributed by atoms with Gasteiger partial charge in [0.25, 0.3) is 0 Å². The molecule has 0 aromatic carbocycles. The largest absolute Gasteiger partial charge is 0.435 e. The highest BCUT2D eigenvalue weighted by atomic mass is 19.4. The van der Waals surface area contributed by atoms with Crippen molar-refractivity contribution in [1.82, 2.24) is 14.7 Å². The van der Waals surface area contributed by atoms with Crippen LogP contribution in [0.25, 0.3) is 0 Å². The summed E-state index contributed by atoms with van der Waals surface area (Å²) < 4.78 is 38.4. The molecular weight excluding hydrogens is 247 g/mol. The SMILES string of the molecule is CC(C)[C@H](C(=O)N(C)C)n1ccc(C(F)(F)F)n1. The van der Waals surface area contributed by atoms with Gasteiger partial charge in [0.05, 0.1) is 0 Å². The lowest BCUT2D eigenvalue weighted by atomic mass is 10.0. The summed E-state index contributed by atoms with van der Waals surface area (Å²) in [6, 6.07) is 0.147. The van der Waals surface area contributed by atoms with Crippen molar-refractivity contribution in [2.45, 2.75) is 26.1 Å². The first kappa shape index (κ1) is 14.5. The zero-order valence-electron chi connectivity index (χ0n) is 10.7. The highest BCUT2D eigenvalue weighted by Crippen LogP contribution is 2.29. The van der Waals surface area contributed by atoms with Gasteiger partial charge in [0.1, 0.15) is 6.04 Å². The number of likely N-dealkylation sites (N-methyl/N-ethyl adjacent to an activating group) is 1. The van der Waals surface area contributed by atoms with E-state index in [4.69, 9.17) is 0 Å². The van der Waals surface area contributed by atoms with E-state index in [9.17, 15) is 18.0 Å². The van der Waals surface area contributed by atoms with Gasteiger partial charge in [-0.1, -0.05) is 13.8 Å². The lowest BCUT2D eigenvalue weighted by molar-refractivity contribution is -0.142. The zero-order valence-corrected chi connectivity index (χ0v) is 10.7.